The van der Waals surface area contributed by atoms with Gasteiger partial charge in [-0.05, 0) is 62.0 Å². The zero-order chi connectivity index (χ0) is 17.7. The van der Waals surface area contributed by atoms with Crippen LogP contribution in [0.5, 0.6) is 0 Å². The van der Waals surface area contributed by atoms with Gasteiger partial charge in [0, 0.05) is 12.2 Å². The summed E-state index contributed by atoms with van der Waals surface area (Å²) >= 11 is 0. The summed E-state index contributed by atoms with van der Waals surface area (Å²) in [5.41, 5.74) is 7.58. The molecule has 2 aromatic carbocycles. The molecule has 0 unspecified atom stereocenters. The van der Waals surface area contributed by atoms with E-state index >= 15 is 0 Å². The number of nitrogens with two attached hydrogens (primary N) is 1. The highest BCUT2D eigenvalue weighted by molar-refractivity contribution is 7.91. The fraction of sp³-hybridized carbons (Fsp3) is 0.400. The van der Waals surface area contributed by atoms with Gasteiger partial charge in [0.05, 0.1) is 10.6 Å². The van der Waals surface area contributed by atoms with Gasteiger partial charge in [0.25, 0.3) is 0 Å². The van der Waals surface area contributed by atoms with Crippen molar-refractivity contribution in [1.82, 2.24) is 4.90 Å². The van der Waals surface area contributed by atoms with E-state index in [1.54, 1.807) is 24.3 Å². The lowest BCUT2D eigenvalue weighted by Gasteiger charge is -2.31. The maximum atomic E-state index is 12.5. The maximum Gasteiger partial charge on any atom is 0.179 e. The van der Waals surface area contributed by atoms with E-state index in [2.05, 4.69) is 29.2 Å². The first kappa shape index (κ1) is 18.0. The number of rotatable bonds is 6. The maximum absolute atomic E-state index is 12.5. The summed E-state index contributed by atoms with van der Waals surface area (Å²) in [7, 11) is -3.27. The van der Waals surface area contributed by atoms with Gasteiger partial charge in [0.15, 0.2) is 9.84 Å². The molecule has 5 heteroatoms. The summed E-state index contributed by atoms with van der Waals surface area (Å²) in [6.45, 7) is 2.54. The van der Waals surface area contributed by atoms with Crippen molar-refractivity contribution in [3.63, 3.8) is 0 Å². The van der Waals surface area contributed by atoms with Crippen molar-refractivity contribution >= 4 is 15.5 Å². The van der Waals surface area contributed by atoms with Crippen LogP contribution in [-0.2, 0) is 16.3 Å². The van der Waals surface area contributed by atoms with Gasteiger partial charge in [-0.2, -0.15) is 0 Å². The van der Waals surface area contributed by atoms with Gasteiger partial charge in [-0.3, -0.25) is 0 Å². The Morgan fingerprint density at radius 1 is 1.00 bits per heavy atom. The number of sulfone groups is 1. The molecule has 0 aromatic heterocycles. The molecule has 1 heterocycles. The monoisotopic (exact) mass is 358 g/mol. The summed E-state index contributed by atoms with van der Waals surface area (Å²) < 4.78 is 24.9. The van der Waals surface area contributed by atoms with E-state index in [1.807, 2.05) is 6.07 Å². The summed E-state index contributed by atoms with van der Waals surface area (Å²) in [6, 6.07) is 17.2. The summed E-state index contributed by atoms with van der Waals surface area (Å²) in [5, 5.41) is 0. The van der Waals surface area contributed by atoms with Crippen LogP contribution in [0.4, 0.5) is 5.69 Å². The lowest BCUT2D eigenvalue weighted by atomic mass is 9.90. The standard InChI is InChI=1S/C20H26N2O2S/c21-19-7-4-8-20(16-19)25(23,24)14-13-22-11-9-18(10-12-22)15-17-5-2-1-3-6-17/h1-8,16,18H,9-15,21H2. The zero-order valence-electron chi connectivity index (χ0n) is 14.5. The molecule has 2 N–H and O–H groups in total. The Hall–Kier alpha value is -1.85. The summed E-state index contributed by atoms with van der Waals surface area (Å²) in [5.74, 6) is 0.851. The van der Waals surface area contributed by atoms with Crippen molar-refractivity contribution < 1.29 is 8.42 Å². The summed E-state index contributed by atoms with van der Waals surface area (Å²) in [6.07, 6.45) is 3.39. The van der Waals surface area contributed by atoms with E-state index in [4.69, 9.17) is 5.73 Å². The largest absolute Gasteiger partial charge is 0.399 e. The second-order valence-corrected chi connectivity index (χ2v) is 8.98. The molecule has 0 saturated carbocycles. The minimum Gasteiger partial charge on any atom is -0.399 e. The molecule has 1 aliphatic heterocycles. The normalized spacial score (nSPS) is 16.8. The van der Waals surface area contributed by atoms with Crippen LogP contribution in [-0.4, -0.2) is 38.7 Å². The molecule has 0 spiro atoms. The molecule has 0 bridgehead atoms. The first-order valence-corrected chi connectivity index (χ1v) is 10.5. The van der Waals surface area contributed by atoms with Crippen molar-refractivity contribution in [2.45, 2.75) is 24.2 Å². The van der Waals surface area contributed by atoms with Crippen LogP contribution in [0.1, 0.15) is 18.4 Å². The Kier molecular flexibility index (Phi) is 5.76. The lowest BCUT2D eigenvalue weighted by Crippen LogP contribution is -2.37. The second-order valence-electron chi connectivity index (χ2n) is 6.87. The molecule has 4 nitrogen and oxygen atoms in total. The van der Waals surface area contributed by atoms with Gasteiger partial charge in [-0.15, -0.1) is 0 Å². The third-order valence-corrected chi connectivity index (χ3v) is 6.66. The third kappa shape index (κ3) is 5.06. The van der Waals surface area contributed by atoms with Gasteiger partial charge in [-0.1, -0.05) is 36.4 Å². The van der Waals surface area contributed by atoms with Crippen molar-refractivity contribution in [2.24, 2.45) is 5.92 Å². The minimum absolute atomic E-state index is 0.153. The van der Waals surface area contributed by atoms with E-state index in [-0.39, 0.29) is 5.75 Å². The van der Waals surface area contributed by atoms with E-state index in [9.17, 15) is 8.42 Å². The van der Waals surface area contributed by atoms with Crippen molar-refractivity contribution in [3.05, 3.63) is 60.2 Å². The molecule has 0 radical (unpaired) electrons. The van der Waals surface area contributed by atoms with E-state index in [0.717, 1.165) is 32.4 Å². The highest BCUT2D eigenvalue weighted by Crippen LogP contribution is 2.22. The summed E-state index contributed by atoms with van der Waals surface area (Å²) in [4.78, 5) is 2.59. The molecule has 3 rings (SSSR count). The molecular formula is C20H26N2O2S. The Balaban J connectivity index is 1.48. The fourth-order valence-electron chi connectivity index (χ4n) is 3.44. The number of piperidine rings is 1. The average Bonchev–Trinajstić information content (AvgIpc) is 2.62. The average molecular weight is 359 g/mol. The zero-order valence-corrected chi connectivity index (χ0v) is 15.3. The predicted octanol–water partition coefficient (Wildman–Crippen LogP) is 3.00. The van der Waals surface area contributed by atoms with Crippen molar-refractivity contribution in [1.29, 1.82) is 0 Å². The lowest BCUT2D eigenvalue weighted by molar-refractivity contribution is 0.193. The van der Waals surface area contributed by atoms with Crippen molar-refractivity contribution in [2.75, 3.05) is 31.1 Å². The van der Waals surface area contributed by atoms with Gasteiger partial charge < -0.3 is 10.6 Å². The van der Waals surface area contributed by atoms with Crippen LogP contribution in [0, 0.1) is 5.92 Å². The first-order chi connectivity index (χ1) is 12.0. The molecule has 2 aromatic rings. The topological polar surface area (TPSA) is 63.4 Å². The highest BCUT2D eigenvalue weighted by Gasteiger charge is 2.22. The quantitative estimate of drug-likeness (QED) is 0.806. The van der Waals surface area contributed by atoms with E-state index < -0.39 is 9.84 Å². The molecule has 0 atom stereocenters. The molecule has 0 amide bonds. The van der Waals surface area contributed by atoms with Crippen molar-refractivity contribution in [3.8, 4) is 0 Å². The van der Waals surface area contributed by atoms with E-state index in [1.165, 1.54) is 5.56 Å². The van der Waals surface area contributed by atoms with Gasteiger partial charge in [-0.25, -0.2) is 8.42 Å². The van der Waals surface area contributed by atoms with Crippen LogP contribution in [0.3, 0.4) is 0 Å². The van der Waals surface area contributed by atoms with Crippen LogP contribution in [0.25, 0.3) is 0 Å². The number of benzene rings is 2. The molecule has 1 fully saturated rings. The number of nitrogen functional groups attached to an aromatic ring is 1. The highest BCUT2D eigenvalue weighted by atomic mass is 32.2. The SMILES string of the molecule is Nc1cccc(S(=O)(=O)CCN2CCC(Cc3ccccc3)CC2)c1. The Labute approximate surface area is 150 Å². The number of likely N-dealkylation sites (tertiary alicyclic amines) is 1. The second kappa shape index (κ2) is 8.02. The number of hydrogen-bond acceptors (Lipinski definition) is 4. The van der Waals surface area contributed by atoms with Gasteiger partial charge in [0.1, 0.15) is 0 Å². The van der Waals surface area contributed by atoms with Crippen LogP contribution in [0.2, 0.25) is 0 Å². The number of nitrogens with zero attached hydrogens (tertiary/aromatic N) is 1. The van der Waals surface area contributed by atoms with Gasteiger partial charge >= 0.3 is 0 Å². The first-order valence-electron chi connectivity index (χ1n) is 8.87. The molecule has 25 heavy (non-hydrogen) atoms. The number of hydrogen-bond donors (Lipinski definition) is 1. The molecule has 1 saturated heterocycles. The van der Waals surface area contributed by atoms with E-state index in [0.29, 0.717) is 23.0 Å². The molecule has 1 aliphatic rings. The molecular weight excluding hydrogens is 332 g/mol. The Morgan fingerprint density at radius 3 is 2.40 bits per heavy atom. The minimum atomic E-state index is -3.27. The number of anilines is 1. The van der Waals surface area contributed by atoms with Gasteiger partial charge in [0.2, 0.25) is 0 Å². The Bertz CT molecular complexity index is 782. The predicted molar refractivity (Wildman–Crippen MR) is 102 cm³/mol. The Morgan fingerprint density at radius 2 is 1.72 bits per heavy atom. The fourth-order valence-corrected chi connectivity index (χ4v) is 4.77. The molecule has 134 valence electrons. The smallest absolute Gasteiger partial charge is 0.179 e. The van der Waals surface area contributed by atoms with Crippen LogP contribution < -0.4 is 5.73 Å². The van der Waals surface area contributed by atoms with Crippen LogP contribution >= 0.6 is 0 Å². The molecule has 0 aliphatic carbocycles. The third-order valence-electron chi connectivity index (χ3n) is 4.97. The van der Waals surface area contributed by atoms with Crippen LogP contribution in [0.15, 0.2) is 59.5 Å².